The van der Waals surface area contributed by atoms with E-state index in [0.29, 0.717) is 0 Å². The van der Waals surface area contributed by atoms with Gasteiger partial charge in [0.1, 0.15) is 11.3 Å². The van der Waals surface area contributed by atoms with Gasteiger partial charge in [0.15, 0.2) is 0 Å². The summed E-state index contributed by atoms with van der Waals surface area (Å²) in [6.07, 6.45) is 7.34. The van der Waals surface area contributed by atoms with Crippen molar-refractivity contribution in [1.29, 1.82) is 0 Å². The molecule has 1 aliphatic rings. The van der Waals surface area contributed by atoms with Gasteiger partial charge in [-0.2, -0.15) is 0 Å². The number of pyridine rings is 2. The summed E-state index contributed by atoms with van der Waals surface area (Å²) in [6.45, 7) is 8.21. The van der Waals surface area contributed by atoms with E-state index in [1.165, 1.54) is 0 Å². The molecule has 0 radical (unpaired) electrons. The topological polar surface area (TPSA) is 75.8 Å². The second-order valence-corrected chi connectivity index (χ2v) is 9.78. The molecule has 150 valence electrons. The Balaban J connectivity index is 0.000000171. The highest BCUT2D eigenvalue weighted by Gasteiger charge is 2.52. The van der Waals surface area contributed by atoms with Crippen LogP contribution in [-0.2, 0) is 9.31 Å². The van der Waals surface area contributed by atoms with Crippen molar-refractivity contribution in [2.24, 2.45) is 0 Å². The summed E-state index contributed by atoms with van der Waals surface area (Å²) < 4.78 is 14.1. The summed E-state index contributed by atoms with van der Waals surface area (Å²) >= 11 is 6.79. The number of halogens is 2. The smallest absolute Gasteiger partial charge is 0.399 e. The van der Waals surface area contributed by atoms with Gasteiger partial charge in [0.05, 0.1) is 11.2 Å². The summed E-state index contributed by atoms with van der Waals surface area (Å²) in [5.74, 6) is 0. The molecule has 0 atom stereocenters. The van der Waals surface area contributed by atoms with Gasteiger partial charge in [-0.3, -0.25) is 0 Å². The summed E-state index contributed by atoms with van der Waals surface area (Å²) in [5.41, 5.74) is 2.10. The van der Waals surface area contributed by atoms with E-state index in [1.54, 1.807) is 12.4 Å². The maximum atomic E-state index is 6.07. The average molecular weight is 520 g/mol. The number of fused-ring (bicyclic) bond motifs is 2. The van der Waals surface area contributed by atoms with E-state index in [-0.39, 0.29) is 18.3 Å². The zero-order valence-electron chi connectivity index (χ0n) is 16.6. The van der Waals surface area contributed by atoms with E-state index >= 15 is 0 Å². The van der Waals surface area contributed by atoms with E-state index < -0.39 is 0 Å². The Hall–Kier alpha value is -1.68. The van der Waals surface area contributed by atoms with Crippen LogP contribution in [0.2, 0.25) is 0 Å². The van der Waals surface area contributed by atoms with Crippen LogP contribution >= 0.6 is 31.9 Å². The molecule has 0 unspecified atom stereocenters. The second kappa shape index (κ2) is 7.54. The molecule has 9 heteroatoms. The zero-order chi connectivity index (χ0) is 20.8. The fourth-order valence-corrected chi connectivity index (χ4v) is 3.76. The van der Waals surface area contributed by atoms with Crippen molar-refractivity contribution < 1.29 is 9.31 Å². The van der Waals surface area contributed by atoms with Crippen LogP contribution in [0.5, 0.6) is 0 Å². The molecule has 6 nitrogen and oxygen atoms in total. The first-order valence-corrected chi connectivity index (χ1v) is 10.8. The molecule has 5 heterocycles. The lowest BCUT2D eigenvalue weighted by atomic mass is 9.79. The van der Waals surface area contributed by atoms with Crippen molar-refractivity contribution in [2.75, 3.05) is 0 Å². The monoisotopic (exact) mass is 518 g/mol. The molecule has 0 saturated carbocycles. The number of nitrogens with one attached hydrogen (secondary N) is 2. The zero-order valence-corrected chi connectivity index (χ0v) is 19.8. The molecule has 0 bridgehead atoms. The molecule has 1 saturated heterocycles. The van der Waals surface area contributed by atoms with E-state index in [2.05, 4.69) is 79.5 Å². The standard InChI is InChI=1S/C13H16BBrN2O2.C7H5BrN2/c1-12(2)13(3,4)19-14(18-12)10-7-17-11-9(10)5-8(15)6-16-11;8-6-3-5-1-2-9-7(5)10-4-6/h5-7H,1-4H3,(H,16,17);1-4H,(H,9,10). The molecule has 0 spiro atoms. The van der Waals surface area contributed by atoms with Gasteiger partial charge >= 0.3 is 7.12 Å². The number of hydrogen-bond donors (Lipinski definition) is 2. The number of aromatic nitrogens is 4. The van der Waals surface area contributed by atoms with Gasteiger partial charge < -0.3 is 19.3 Å². The Labute approximate surface area is 186 Å². The highest BCUT2D eigenvalue weighted by Crippen LogP contribution is 2.37. The Bertz CT molecular complexity index is 1160. The molecule has 0 aromatic carbocycles. The summed E-state index contributed by atoms with van der Waals surface area (Å²) in [6, 6.07) is 6.05. The fraction of sp³-hybridized carbons (Fsp3) is 0.300. The molecule has 2 N–H and O–H groups in total. The minimum Gasteiger partial charge on any atom is -0.399 e. The van der Waals surface area contributed by atoms with Crippen molar-refractivity contribution in [3.63, 3.8) is 0 Å². The van der Waals surface area contributed by atoms with Crippen molar-refractivity contribution in [1.82, 2.24) is 19.9 Å². The third kappa shape index (κ3) is 4.01. The molecule has 5 rings (SSSR count). The minimum absolute atomic E-state index is 0.333. The predicted molar refractivity (Wildman–Crippen MR) is 123 cm³/mol. The van der Waals surface area contributed by atoms with Crippen molar-refractivity contribution in [2.45, 2.75) is 38.9 Å². The lowest BCUT2D eigenvalue weighted by Crippen LogP contribution is -2.41. The minimum atomic E-state index is -0.366. The molecule has 4 aromatic rings. The first kappa shape index (κ1) is 20.6. The summed E-state index contributed by atoms with van der Waals surface area (Å²) in [7, 11) is -0.366. The van der Waals surface area contributed by atoms with E-state index in [9.17, 15) is 0 Å². The largest absolute Gasteiger partial charge is 0.497 e. The van der Waals surface area contributed by atoms with Crippen molar-refractivity contribution in [3.8, 4) is 0 Å². The van der Waals surface area contributed by atoms with Gasteiger partial charge in [0.25, 0.3) is 0 Å². The van der Waals surface area contributed by atoms with E-state index in [4.69, 9.17) is 9.31 Å². The average Bonchev–Trinajstić information content (AvgIpc) is 3.31. The van der Waals surface area contributed by atoms with Gasteiger partial charge in [0, 0.05) is 50.0 Å². The number of hydrogen-bond acceptors (Lipinski definition) is 4. The first-order valence-electron chi connectivity index (χ1n) is 9.23. The molecule has 29 heavy (non-hydrogen) atoms. The van der Waals surface area contributed by atoms with Crippen molar-refractivity contribution in [3.05, 3.63) is 51.9 Å². The fourth-order valence-electron chi connectivity index (χ4n) is 3.08. The van der Waals surface area contributed by atoms with Crippen LogP contribution in [0.1, 0.15) is 27.7 Å². The molecular formula is C20H21BBr2N4O2. The lowest BCUT2D eigenvalue weighted by Gasteiger charge is -2.32. The van der Waals surface area contributed by atoms with Crippen LogP contribution in [0.4, 0.5) is 0 Å². The molecule has 0 aliphatic carbocycles. The van der Waals surface area contributed by atoms with Gasteiger partial charge in [-0.25, -0.2) is 9.97 Å². The highest BCUT2D eigenvalue weighted by molar-refractivity contribution is 9.10. The van der Waals surface area contributed by atoms with Gasteiger partial charge in [-0.15, -0.1) is 0 Å². The van der Waals surface area contributed by atoms with Crippen LogP contribution in [0.25, 0.3) is 22.1 Å². The molecule has 0 amide bonds. The first-order chi connectivity index (χ1) is 13.7. The summed E-state index contributed by atoms with van der Waals surface area (Å²) in [5, 5.41) is 2.15. The van der Waals surface area contributed by atoms with Gasteiger partial charge in [-0.05, 0) is 77.8 Å². The van der Waals surface area contributed by atoms with Crippen LogP contribution in [0, 0.1) is 0 Å². The Morgan fingerprint density at radius 2 is 1.52 bits per heavy atom. The number of nitrogens with zero attached hydrogens (tertiary/aromatic N) is 2. The Morgan fingerprint density at radius 1 is 0.897 bits per heavy atom. The van der Waals surface area contributed by atoms with Crippen LogP contribution < -0.4 is 5.46 Å². The normalized spacial score (nSPS) is 17.5. The molecule has 1 aliphatic heterocycles. The molecule has 1 fully saturated rings. The summed E-state index contributed by atoms with van der Waals surface area (Å²) in [4.78, 5) is 14.6. The number of H-pyrrole nitrogens is 2. The second-order valence-electron chi connectivity index (χ2n) is 7.95. The Kier molecular flexibility index (Phi) is 5.35. The SMILES string of the molecule is Brc1cnc2[nH]ccc2c1.CC1(C)OB(c2c[nH]c3ncc(Br)cc23)OC1(C)C. The molecule has 4 aromatic heterocycles. The Morgan fingerprint density at radius 3 is 2.21 bits per heavy atom. The third-order valence-electron chi connectivity index (χ3n) is 5.40. The van der Waals surface area contributed by atoms with Gasteiger partial charge in [0.2, 0.25) is 0 Å². The maximum absolute atomic E-state index is 6.07. The maximum Gasteiger partial charge on any atom is 0.497 e. The van der Waals surface area contributed by atoms with Crippen molar-refractivity contribution >= 4 is 66.5 Å². The van der Waals surface area contributed by atoms with Crippen LogP contribution in [0.3, 0.4) is 0 Å². The van der Waals surface area contributed by atoms with Gasteiger partial charge in [-0.1, -0.05) is 0 Å². The lowest BCUT2D eigenvalue weighted by molar-refractivity contribution is 0.00578. The number of rotatable bonds is 1. The van der Waals surface area contributed by atoms with Crippen LogP contribution in [-0.4, -0.2) is 38.3 Å². The predicted octanol–water partition coefficient (Wildman–Crippen LogP) is 4.95. The third-order valence-corrected chi connectivity index (χ3v) is 6.27. The number of aromatic amines is 2. The highest BCUT2D eigenvalue weighted by atomic mass is 79.9. The van der Waals surface area contributed by atoms with E-state index in [1.807, 2.05) is 30.6 Å². The molecular weight excluding hydrogens is 499 g/mol. The van der Waals surface area contributed by atoms with Crippen LogP contribution in [0.15, 0.2) is 51.9 Å². The van der Waals surface area contributed by atoms with E-state index in [0.717, 1.165) is 36.5 Å². The quantitative estimate of drug-likeness (QED) is 0.349.